The van der Waals surface area contributed by atoms with Gasteiger partial charge in [-0.15, -0.1) is 0 Å². The lowest BCUT2D eigenvalue weighted by atomic mass is 10.4. The van der Waals surface area contributed by atoms with Gasteiger partial charge in [0, 0.05) is 6.54 Å². The molecule has 0 atom stereocenters. The third kappa shape index (κ3) is 3.26. The van der Waals surface area contributed by atoms with Crippen molar-refractivity contribution in [2.75, 3.05) is 24.1 Å². The molecule has 0 aromatic carbocycles. The molecule has 1 aromatic rings. The molecule has 0 saturated carbocycles. The number of nitrogens with zero attached hydrogens (tertiary/aromatic N) is 3. The lowest BCUT2D eigenvalue weighted by Crippen LogP contribution is -2.29. The third-order valence-electron chi connectivity index (χ3n) is 1.82. The van der Waals surface area contributed by atoms with E-state index in [1.807, 2.05) is 0 Å². The quantitative estimate of drug-likeness (QED) is 0.466. The molecular formula is C8H12N6O3. The van der Waals surface area contributed by atoms with Crippen molar-refractivity contribution in [1.82, 2.24) is 15.3 Å². The number of carbonyl (C=O) groups is 1. The molecule has 0 aliphatic carbocycles. The predicted molar refractivity (Wildman–Crippen MR) is 60.3 cm³/mol. The summed E-state index contributed by atoms with van der Waals surface area (Å²) in [4.78, 5) is 28.4. The van der Waals surface area contributed by atoms with E-state index in [9.17, 15) is 14.9 Å². The average Bonchev–Trinajstić information content (AvgIpc) is 2.26. The molecule has 0 unspecified atom stereocenters. The van der Waals surface area contributed by atoms with E-state index in [2.05, 4.69) is 20.6 Å². The van der Waals surface area contributed by atoms with Gasteiger partial charge in [-0.1, -0.05) is 0 Å². The molecule has 0 saturated heterocycles. The molecule has 4 N–H and O–H groups in total. The topological polar surface area (TPSA) is 136 Å². The number of nitrogen functional groups attached to an aromatic ring is 1. The van der Waals surface area contributed by atoms with Gasteiger partial charge in [0.25, 0.3) is 0 Å². The molecule has 0 aliphatic rings. The lowest BCUT2D eigenvalue weighted by Gasteiger charge is -2.06. The Morgan fingerprint density at radius 1 is 1.59 bits per heavy atom. The maximum atomic E-state index is 11.2. The largest absolute Gasteiger partial charge is 0.378 e. The van der Waals surface area contributed by atoms with E-state index in [0.717, 1.165) is 6.33 Å². The first-order valence-electron chi connectivity index (χ1n) is 4.81. The summed E-state index contributed by atoms with van der Waals surface area (Å²) in [5.74, 6) is -0.615. The van der Waals surface area contributed by atoms with Gasteiger partial charge >= 0.3 is 5.69 Å². The van der Waals surface area contributed by atoms with Crippen LogP contribution in [0.2, 0.25) is 0 Å². The number of hydrogen-bond acceptors (Lipinski definition) is 7. The van der Waals surface area contributed by atoms with E-state index in [0.29, 0.717) is 6.54 Å². The van der Waals surface area contributed by atoms with Crippen LogP contribution < -0.4 is 16.4 Å². The highest BCUT2D eigenvalue weighted by Gasteiger charge is 2.20. The maximum Gasteiger partial charge on any atom is 0.352 e. The molecular weight excluding hydrogens is 228 g/mol. The van der Waals surface area contributed by atoms with Crippen molar-refractivity contribution in [3.63, 3.8) is 0 Å². The van der Waals surface area contributed by atoms with Gasteiger partial charge in [0.1, 0.15) is 6.33 Å². The number of aromatic nitrogens is 2. The monoisotopic (exact) mass is 240 g/mol. The van der Waals surface area contributed by atoms with E-state index in [1.165, 1.54) is 0 Å². The molecule has 0 spiro atoms. The molecule has 1 rings (SSSR count). The minimum absolute atomic E-state index is 0.0752. The van der Waals surface area contributed by atoms with Crippen LogP contribution >= 0.6 is 0 Å². The Bertz CT molecular complexity index is 435. The third-order valence-corrected chi connectivity index (χ3v) is 1.82. The summed E-state index contributed by atoms with van der Waals surface area (Å²) in [7, 11) is 0. The molecule has 92 valence electrons. The number of hydrogen-bond donors (Lipinski definition) is 3. The van der Waals surface area contributed by atoms with E-state index in [4.69, 9.17) is 5.73 Å². The second-order valence-corrected chi connectivity index (χ2v) is 3.02. The average molecular weight is 240 g/mol. The summed E-state index contributed by atoms with van der Waals surface area (Å²) in [6, 6.07) is 0. The minimum Gasteiger partial charge on any atom is -0.378 e. The van der Waals surface area contributed by atoms with Crippen LogP contribution in [0.5, 0.6) is 0 Å². The zero-order chi connectivity index (χ0) is 12.8. The standard InChI is InChI=1S/C8H12N6O3/c1-2-10-5(15)3-11-8-6(14(16)17)7(9)12-4-13-8/h4H,2-3H2,1H3,(H,10,15)(H3,9,11,12,13). The van der Waals surface area contributed by atoms with E-state index in [1.54, 1.807) is 6.92 Å². The number of nitro groups is 1. The van der Waals surface area contributed by atoms with Gasteiger partial charge in [-0.3, -0.25) is 14.9 Å². The first kappa shape index (κ1) is 12.6. The van der Waals surface area contributed by atoms with Crippen LogP contribution in [-0.2, 0) is 4.79 Å². The molecule has 1 heterocycles. The first-order chi connectivity index (χ1) is 8.06. The van der Waals surface area contributed by atoms with Gasteiger partial charge in [0.05, 0.1) is 11.5 Å². The molecule has 1 amide bonds. The number of carbonyl (C=O) groups excluding carboxylic acids is 1. The Morgan fingerprint density at radius 3 is 2.88 bits per heavy atom. The Morgan fingerprint density at radius 2 is 2.29 bits per heavy atom. The Hall–Kier alpha value is -2.45. The zero-order valence-corrected chi connectivity index (χ0v) is 9.14. The fraction of sp³-hybridized carbons (Fsp3) is 0.375. The van der Waals surface area contributed by atoms with E-state index >= 15 is 0 Å². The molecule has 1 aromatic heterocycles. The first-order valence-corrected chi connectivity index (χ1v) is 4.81. The molecule has 0 bridgehead atoms. The van der Waals surface area contributed by atoms with Gasteiger partial charge in [0.2, 0.25) is 17.5 Å². The van der Waals surface area contributed by atoms with E-state index < -0.39 is 10.6 Å². The van der Waals surface area contributed by atoms with Crippen molar-refractivity contribution >= 4 is 23.2 Å². The predicted octanol–water partition coefficient (Wildman–Crippen LogP) is -0.485. The number of rotatable bonds is 5. The fourth-order valence-electron chi connectivity index (χ4n) is 1.13. The van der Waals surface area contributed by atoms with Gasteiger partial charge in [-0.2, -0.15) is 0 Å². The highest BCUT2D eigenvalue weighted by Crippen LogP contribution is 2.25. The van der Waals surface area contributed by atoms with Gasteiger partial charge in [-0.25, -0.2) is 9.97 Å². The number of anilines is 2. The van der Waals surface area contributed by atoms with Crippen LogP contribution in [0.4, 0.5) is 17.3 Å². The van der Waals surface area contributed by atoms with Crippen LogP contribution in [0, 0.1) is 10.1 Å². The number of likely N-dealkylation sites (N-methyl/N-ethyl adjacent to an activating group) is 1. The molecule has 0 aliphatic heterocycles. The van der Waals surface area contributed by atoms with Crippen molar-refractivity contribution in [1.29, 1.82) is 0 Å². The van der Waals surface area contributed by atoms with Crippen molar-refractivity contribution in [3.8, 4) is 0 Å². The smallest absolute Gasteiger partial charge is 0.352 e. The van der Waals surface area contributed by atoms with Crippen LogP contribution in [0.15, 0.2) is 6.33 Å². The SMILES string of the molecule is CCNC(=O)CNc1ncnc(N)c1[N+](=O)[O-]. The Labute approximate surface area is 96.6 Å². The maximum absolute atomic E-state index is 11.2. The van der Waals surface area contributed by atoms with E-state index in [-0.39, 0.29) is 24.1 Å². The van der Waals surface area contributed by atoms with Crippen LogP contribution in [-0.4, -0.2) is 33.9 Å². The summed E-state index contributed by atoms with van der Waals surface area (Å²) >= 11 is 0. The minimum atomic E-state index is -0.699. The molecule has 9 heteroatoms. The second-order valence-electron chi connectivity index (χ2n) is 3.02. The molecule has 9 nitrogen and oxygen atoms in total. The fourth-order valence-corrected chi connectivity index (χ4v) is 1.13. The summed E-state index contributed by atoms with van der Waals surface area (Å²) in [5.41, 5.74) is 4.92. The van der Waals surface area contributed by atoms with Crippen molar-refractivity contribution in [2.45, 2.75) is 6.92 Å². The second kappa shape index (κ2) is 5.58. The zero-order valence-electron chi connectivity index (χ0n) is 9.14. The molecule has 17 heavy (non-hydrogen) atoms. The van der Waals surface area contributed by atoms with Crippen LogP contribution in [0.3, 0.4) is 0 Å². The lowest BCUT2D eigenvalue weighted by molar-refractivity contribution is -0.383. The molecule has 0 fully saturated rings. The van der Waals surface area contributed by atoms with Crippen LogP contribution in [0.1, 0.15) is 6.92 Å². The Balaban J connectivity index is 2.81. The molecule has 0 radical (unpaired) electrons. The Kier molecular flexibility index (Phi) is 4.14. The van der Waals surface area contributed by atoms with Crippen LogP contribution in [0.25, 0.3) is 0 Å². The van der Waals surface area contributed by atoms with Crippen molar-refractivity contribution in [2.24, 2.45) is 0 Å². The summed E-state index contributed by atoms with van der Waals surface area (Å²) in [5, 5.41) is 15.8. The van der Waals surface area contributed by atoms with Crippen molar-refractivity contribution < 1.29 is 9.72 Å². The number of nitrogens with two attached hydrogens (primary N) is 1. The van der Waals surface area contributed by atoms with Gasteiger partial charge in [0.15, 0.2) is 0 Å². The summed E-state index contributed by atoms with van der Waals surface area (Å²) in [6.07, 6.45) is 1.09. The number of amides is 1. The van der Waals surface area contributed by atoms with Gasteiger partial charge < -0.3 is 16.4 Å². The highest BCUT2D eigenvalue weighted by atomic mass is 16.6. The summed E-state index contributed by atoms with van der Waals surface area (Å²) < 4.78 is 0. The van der Waals surface area contributed by atoms with Crippen molar-refractivity contribution in [3.05, 3.63) is 16.4 Å². The van der Waals surface area contributed by atoms with Gasteiger partial charge in [-0.05, 0) is 6.92 Å². The highest BCUT2D eigenvalue weighted by molar-refractivity contribution is 5.81. The number of nitrogens with one attached hydrogen (secondary N) is 2. The summed E-state index contributed by atoms with van der Waals surface area (Å²) in [6.45, 7) is 2.13. The normalized spacial score (nSPS) is 9.71.